The van der Waals surface area contributed by atoms with E-state index >= 15 is 0 Å². The molecule has 170 valence electrons. The van der Waals surface area contributed by atoms with Crippen molar-refractivity contribution in [1.82, 2.24) is 9.97 Å². The summed E-state index contributed by atoms with van der Waals surface area (Å²) in [7, 11) is 0. The third-order valence-electron chi connectivity index (χ3n) is 5.57. The molecule has 0 amide bonds. The van der Waals surface area contributed by atoms with Gasteiger partial charge >= 0.3 is 5.97 Å². The number of benzene rings is 1. The van der Waals surface area contributed by atoms with Crippen molar-refractivity contribution in [3.8, 4) is 17.3 Å². The van der Waals surface area contributed by atoms with Gasteiger partial charge in [0.15, 0.2) is 11.5 Å². The van der Waals surface area contributed by atoms with Crippen molar-refractivity contribution in [1.29, 1.82) is 5.26 Å². The predicted octanol–water partition coefficient (Wildman–Crippen LogP) is 5.08. The molecular formula is C23H26Cl2N4O3. The van der Waals surface area contributed by atoms with E-state index in [0.29, 0.717) is 72.0 Å². The normalized spacial score (nSPS) is 15.3. The minimum absolute atomic E-state index is 0.123. The maximum atomic E-state index is 12.8. The Morgan fingerprint density at radius 1 is 1.22 bits per heavy atom. The van der Waals surface area contributed by atoms with Crippen LogP contribution in [-0.2, 0) is 9.47 Å². The van der Waals surface area contributed by atoms with Gasteiger partial charge in [-0.15, -0.1) is 0 Å². The fourth-order valence-corrected chi connectivity index (χ4v) is 4.13. The lowest BCUT2D eigenvalue weighted by Gasteiger charge is -2.38. The Morgan fingerprint density at radius 3 is 2.56 bits per heavy atom. The van der Waals surface area contributed by atoms with Crippen molar-refractivity contribution in [2.75, 3.05) is 37.8 Å². The minimum atomic E-state index is -0.555. The van der Waals surface area contributed by atoms with Crippen molar-refractivity contribution >= 4 is 35.0 Å². The Hall–Kier alpha value is -2.40. The smallest absolute Gasteiger partial charge is 0.360 e. The zero-order valence-corrected chi connectivity index (χ0v) is 20.0. The lowest BCUT2D eigenvalue weighted by atomic mass is 9.80. The van der Waals surface area contributed by atoms with Gasteiger partial charge in [0.1, 0.15) is 0 Å². The van der Waals surface area contributed by atoms with E-state index in [0.717, 1.165) is 0 Å². The van der Waals surface area contributed by atoms with Crippen LogP contribution in [0.25, 0.3) is 11.3 Å². The highest BCUT2D eigenvalue weighted by molar-refractivity contribution is 6.43. The zero-order chi connectivity index (χ0) is 23.3. The van der Waals surface area contributed by atoms with Crippen LogP contribution >= 0.6 is 23.2 Å². The molecule has 1 aromatic heterocycles. The largest absolute Gasteiger partial charge is 0.461 e. The molecule has 9 heteroatoms. The number of halogens is 2. The summed E-state index contributed by atoms with van der Waals surface area (Å²) in [6.07, 6.45) is 1.21. The third-order valence-corrected chi connectivity index (χ3v) is 6.39. The molecule has 2 aromatic rings. The van der Waals surface area contributed by atoms with Gasteiger partial charge in [-0.1, -0.05) is 35.3 Å². The molecule has 1 aliphatic heterocycles. The van der Waals surface area contributed by atoms with Crippen LogP contribution in [-0.4, -0.2) is 48.8 Å². The molecule has 3 rings (SSSR count). The summed E-state index contributed by atoms with van der Waals surface area (Å²) in [5.41, 5.74) is 1.28. The first kappa shape index (κ1) is 24.2. The highest BCUT2D eigenvalue weighted by Crippen LogP contribution is 2.37. The van der Waals surface area contributed by atoms with Gasteiger partial charge in [0.2, 0.25) is 0 Å². The van der Waals surface area contributed by atoms with Crippen molar-refractivity contribution < 1.29 is 14.3 Å². The number of hydrogen-bond acceptors (Lipinski definition) is 7. The number of ether oxygens (including phenoxy) is 2. The Labute approximate surface area is 198 Å². The van der Waals surface area contributed by atoms with Crippen LogP contribution in [0.4, 0.5) is 5.82 Å². The van der Waals surface area contributed by atoms with Gasteiger partial charge in [-0.25, -0.2) is 14.8 Å². The highest BCUT2D eigenvalue weighted by Gasteiger charge is 2.37. The Balaban J connectivity index is 2.00. The van der Waals surface area contributed by atoms with Crippen LogP contribution < -0.4 is 4.90 Å². The molecule has 2 heterocycles. The molecule has 1 aliphatic rings. The molecule has 32 heavy (non-hydrogen) atoms. The first-order valence-electron chi connectivity index (χ1n) is 10.6. The number of piperidine rings is 1. The fraction of sp³-hybridized carbons (Fsp3) is 0.478. The first-order valence-corrected chi connectivity index (χ1v) is 11.4. The predicted molar refractivity (Wildman–Crippen MR) is 124 cm³/mol. The summed E-state index contributed by atoms with van der Waals surface area (Å²) in [5.74, 6) is -0.105. The summed E-state index contributed by atoms with van der Waals surface area (Å²) < 4.78 is 10.8. The molecule has 0 atom stereocenters. The van der Waals surface area contributed by atoms with Crippen LogP contribution in [0.3, 0.4) is 0 Å². The first-order chi connectivity index (χ1) is 15.4. The fourth-order valence-electron chi connectivity index (χ4n) is 3.74. The van der Waals surface area contributed by atoms with Crippen LogP contribution in [0.5, 0.6) is 0 Å². The average Bonchev–Trinajstić information content (AvgIpc) is 2.80. The van der Waals surface area contributed by atoms with Crippen LogP contribution in [0.1, 0.15) is 42.9 Å². The van der Waals surface area contributed by atoms with Crippen molar-refractivity contribution in [2.24, 2.45) is 5.41 Å². The lowest BCUT2D eigenvalue weighted by molar-refractivity contribution is 0.0518. The molecule has 0 N–H and O–H groups in total. The van der Waals surface area contributed by atoms with E-state index < -0.39 is 11.4 Å². The topological polar surface area (TPSA) is 88.3 Å². The lowest BCUT2D eigenvalue weighted by Crippen LogP contribution is -2.43. The minimum Gasteiger partial charge on any atom is -0.461 e. The summed E-state index contributed by atoms with van der Waals surface area (Å²) in [6.45, 7) is 7.76. The number of rotatable bonds is 7. The maximum absolute atomic E-state index is 12.8. The van der Waals surface area contributed by atoms with Gasteiger partial charge in [0, 0.05) is 25.3 Å². The average molecular weight is 477 g/mol. The number of carbonyl (C=O) groups is 1. The monoisotopic (exact) mass is 476 g/mol. The summed E-state index contributed by atoms with van der Waals surface area (Å²) in [4.78, 5) is 24.1. The van der Waals surface area contributed by atoms with E-state index in [1.807, 2.05) is 18.7 Å². The Bertz CT molecular complexity index is 1030. The van der Waals surface area contributed by atoms with Gasteiger partial charge in [-0.05, 0) is 39.7 Å². The van der Waals surface area contributed by atoms with Crippen molar-refractivity contribution in [3.05, 3.63) is 39.6 Å². The number of aryl methyl sites for hydroxylation is 1. The summed E-state index contributed by atoms with van der Waals surface area (Å²) in [6, 6.07) is 7.68. The third kappa shape index (κ3) is 4.98. The molecule has 7 nitrogen and oxygen atoms in total. The van der Waals surface area contributed by atoms with Crippen LogP contribution in [0, 0.1) is 23.7 Å². The summed E-state index contributed by atoms with van der Waals surface area (Å²) >= 11 is 12.6. The van der Waals surface area contributed by atoms with E-state index in [-0.39, 0.29) is 12.3 Å². The molecule has 1 aromatic carbocycles. The molecule has 0 radical (unpaired) electrons. The molecule has 1 saturated heterocycles. The number of carbonyl (C=O) groups excluding carboxylic acids is 1. The quantitative estimate of drug-likeness (QED) is 0.514. The second-order valence-corrected chi connectivity index (χ2v) is 8.45. The molecular weight excluding hydrogens is 451 g/mol. The van der Waals surface area contributed by atoms with Gasteiger partial charge in [0.05, 0.1) is 46.1 Å². The number of esters is 1. The standard InChI is InChI=1S/C23H26Cl2N4O3/c1-4-31-14-23(13-26)9-11-29(12-10-23)21-20(22(30)32-5-2)28-19(15(3)27-21)16-7-6-8-17(24)18(16)25/h6-8H,4-5,9-12,14H2,1-3H3. The van der Waals surface area contributed by atoms with Crippen LogP contribution in [0.2, 0.25) is 10.0 Å². The number of aromatic nitrogens is 2. The molecule has 0 bridgehead atoms. The summed E-state index contributed by atoms with van der Waals surface area (Å²) in [5, 5.41) is 10.5. The van der Waals surface area contributed by atoms with Gasteiger partial charge in [-0.2, -0.15) is 5.26 Å². The van der Waals surface area contributed by atoms with E-state index in [1.165, 1.54) is 0 Å². The second kappa shape index (κ2) is 10.5. The van der Waals surface area contributed by atoms with Gasteiger partial charge in [0.25, 0.3) is 0 Å². The van der Waals surface area contributed by atoms with E-state index in [1.54, 1.807) is 25.1 Å². The number of hydrogen-bond donors (Lipinski definition) is 0. The number of nitriles is 1. The van der Waals surface area contributed by atoms with E-state index in [4.69, 9.17) is 37.7 Å². The SMILES string of the molecule is CCOCC1(C#N)CCN(c2nc(C)c(-c3cccc(Cl)c3Cl)nc2C(=O)OCC)CC1. The van der Waals surface area contributed by atoms with Gasteiger partial charge in [-0.3, -0.25) is 0 Å². The zero-order valence-electron chi connectivity index (χ0n) is 18.5. The highest BCUT2D eigenvalue weighted by atomic mass is 35.5. The van der Waals surface area contributed by atoms with Crippen molar-refractivity contribution in [2.45, 2.75) is 33.6 Å². The number of anilines is 1. The molecule has 1 fully saturated rings. The number of nitrogens with zero attached hydrogens (tertiary/aromatic N) is 4. The molecule has 0 unspecified atom stereocenters. The van der Waals surface area contributed by atoms with E-state index in [9.17, 15) is 10.1 Å². The second-order valence-electron chi connectivity index (χ2n) is 7.67. The van der Waals surface area contributed by atoms with Gasteiger partial charge < -0.3 is 14.4 Å². The molecule has 0 aliphatic carbocycles. The molecule has 0 spiro atoms. The Morgan fingerprint density at radius 2 is 1.94 bits per heavy atom. The molecule has 0 saturated carbocycles. The Kier molecular flexibility index (Phi) is 7.94. The van der Waals surface area contributed by atoms with Crippen LogP contribution in [0.15, 0.2) is 18.2 Å². The van der Waals surface area contributed by atoms with Crippen molar-refractivity contribution in [3.63, 3.8) is 0 Å². The maximum Gasteiger partial charge on any atom is 0.360 e. The van der Waals surface area contributed by atoms with E-state index in [2.05, 4.69) is 11.1 Å².